The minimum Gasteiger partial charge on any atom is -0.478 e. The number of aromatic nitrogens is 3. The van der Waals surface area contributed by atoms with E-state index in [4.69, 9.17) is 0 Å². The maximum atomic E-state index is 11.3. The van der Waals surface area contributed by atoms with Crippen LogP contribution in [0.5, 0.6) is 0 Å². The fraction of sp³-hybridized carbons (Fsp3) is 0.400. The molecule has 0 bridgehead atoms. The van der Waals surface area contributed by atoms with Crippen LogP contribution in [0, 0.1) is 0 Å². The molecule has 0 fully saturated rings. The molecule has 1 aliphatic heterocycles. The maximum absolute atomic E-state index is 11.3. The predicted octanol–water partition coefficient (Wildman–Crippen LogP) is 1.55. The lowest BCUT2D eigenvalue weighted by atomic mass is 9.94. The molecule has 6 heteroatoms. The predicted molar refractivity (Wildman–Crippen MR) is 76.9 cm³/mol. The van der Waals surface area contributed by atoms with Crippen molar-refractivity contribution < 1.29 is 9.90 Å². The van der Waals surface area contributed by atoms with Crippen molar-refractivity contribution in [3.8, 4) is 0 Å². The van der Waals surface area contributed by atoms with E-state index in [0.29, 0.717) is 5.56 Å². The van der Waals surface area contributed by atoms with Crippen molar-refractivity contribution in [1.82, 2.24) is 19.7 Å². The first-order chi connectivity index (χ1) is 10.2. The molecular weight excluding hydrogens is 268 g/mol. The van der Waals surface area contributed by atoms with Gasteiger partial charge >= 0.3 is 5.97 Å². The molecule has 110 valence electrons. The summed E-state index contributed by atoms with van der Waals surface area (Å²) in [7, 11) is 0. The highest BCUT2D eigenvalue weighted by atomic mass is 16.4. The number of aryl methyl sites for hydroxylation is 1. The Balaban J connectivity index is 1.79. The van der Waals surface area contributed by atoms with Gasteiger partial charge in [-0.2, -0.15) is 5.10 Å². The van der Waals surface area contributed by atoms with Gasteiger partial charge in [-0.3, -0.25) is 4.90 Å². The van der Waals surface area contributed by atoms with Crippen LogP contribution in [0.3, 0.4) is 0 Å². The Morgan fingerprint density at radius 1 is 1.43 bits per heavy atom. The van der Waals surface area contributed by atoms with Gasteiger partial charge in [-0.15, -0.1) is 0 Å². The summed E-state index contributed by atoms with van der Waals surface area (Å²) in [6.07, 6.45) is 2.34. The Bertz CT molecular complexity index is 665. The second-order valence-corrected chi connectivity index (χ2v) is 5.20. The summed E-state index contributed by atoms with van der Waals surface area (Å²) in [5.41, 5.74) is 2.51. The molecule has 21 heavy (non-hydrogen) atoms. The second-order valence-electron chi connectivity index (χ2n) is 5.20. The van der Waals surface area contributed by atoms with Gasteiger partial charge in [0.15, 0.2) is 0 Å². The molecule has 0 unspecified atom stereocenters. The highest BCUT2D eigenvalue weighted by Gasteiger charge is 2.22. The SMILES string of the molecule is CCn1ncnc1CN1CCc2c(cccc2C(=O)O)C1. The van der Waals surface area contributed by atoms with Crippen molar-refractivity contribution in [1.29, 1.82) is 0 Å². The van der Waals surface area contributed by atoms with Crippen LogP contribution >= 0.6 is 0 Å². The van der Waals surface area contributed by atoms with Crippen LogP contribution in [0.25, 0.3) is 0 Å². The Morgan fingerprint density at radius 3 is 3.05 bits per heavy atom. The molecule has 1 aromatic heterocycles. The van der Waals surface area contributed by atoms with E-state index in [1.165, 1.54) is 0 Å². The molecular formula is C15H18N4O2. The number of carboxylic acid groups (broad SMARTS) is 1. The number of nitrogens with zero attached hydrogens (tertiary/aromatic N) is 4. The first kappa shape index (κ1) is 13.8. The van der Waals surface area contributed by atoms with Crippen molar-refractivity contribution in [3.63, 3.8) is 0 Å². The van der Waals surface area contributed by atoms with Crippen LogP contribution in [-0.2, 0) is 26.1 Å². The number of carboxylic acids is 1. The van der Waals surface area contributed by atoms with E-state index in [1.54, 1.807) is 12.4 Å². The Kier molecular flexibility index (Phi) is 3.70. The Hall–Kier alpha value is -2.21. The molecule has 0 saturated carbocycles. The zero-order valence-electron chi connectivity index (χ0n) is 12.0. The summed E-state index contributed by atoms with van der Waals surface area (Å²) in [5.74, 6) is 0.112. The average molecular weight is 286 g/mol. The lowest BCUT2D eigenvalue weighted by Crippen LogP contribution is -2.32. The summed E-state index contributed by atoms with van der Waals surface area (Å²) >= 11 is 0. The fourth-order valence-electron chi connectivity index (χ4n) is 2.88. The molecule has 2 aromatic rings. The number of fused-ring (bicyclic) bond motifs is 1. The molecule has 0 atom stereocenters. The first-order valence-electron chi connectivity index (χ1n) is 7.12. The summed E-state index contributed by atoms with van der Waals surface area (Å²) in [6, 6.07) is 5.52. The van der Waals surface area contributed by atoms with Gasteiger partial charge in [0.1, 0.15) is 12.2 Å². The lowest BCUT2D eigenvalue weighted by molar-refractivity contribution is 0.0694. The van der Waals surface area contributed by atoms with Gasteiger partial charge in [0.05, 0.1) is 12.1 Å². The number of hydrogen-bond donors (Lipinski definition) is 1. The van der Waals surface area contributed by atoms with Crippen molar-refractivity contribution in [2.24, 2.45) is 0 Å². The summed E-state index contributed by atoms with van der Waals surface area (Å²) in [5, 5.41) is 13.4. The zero-order chi connectivity index (χ0) is 14.8. The van der Waals surface area contributed by atoms with Crippen molar-refractivity contribution >= 4 is 5.97 Å². The third-order valence-corrected chi connectivity index (χ3v) is 3.94. The fourth-order valence-corrected chi connectivity index (χ4v) is 2.88. The topological polar surface area (TPSA) is 71.2 Å². The average Bonchev–Trinajstić information content (AvgIpc) is 2.93. The minimum absolute atomic E-state index is 0.434. The highest BCUT2D eigenvalue weighted by molar-refractivity contribution is 5.89. The molecule has 0 spiro atoms. The minimum atomic E-state index is -0.842. The van der Waals surface area contributed by atoms with Crippen LogP contribution in [0.2, 0.25) is 0 Å². The number of rotatable bonds is 4. The van der Waals surface area contributed by atoms with Crippen LogP contribution in [0.4, 0.5) is 0 Å². The monoisotopic (exact) mass is 286 g/mol. The zero-order valence-corrected chi connectivity index (χ0v) is 12.0. The first-order valence-corrected chi connectivity index (χ1v) is 7.12. The molecule has 1 aliphatic rings. The number of carbonyl (C=O) groups is 1. The van der Waals surface area contributed by atoms with Gasteiger partial charge < -0.3 is 5.11 Å². The van der Waals surface area contributed by atoms with Crippen molar-refractivity contribution in [3.05, 3.63) is 47.0 Å². The molecule has 6 nitrogen and oxygen atoms in total. The number of hydrogen-bond acceptors (Lipinski definition) is 4. The largest absolute Gasteiger partial charge is 0.478 e. The van der Waals surface area contributed by atoms with Crippen LogP contribution in [0.1, 0.15) is 34.2 Å². The molecule has 0 saturated heterocycles. The molecule has 0 aliphatic carbocycles. The van der Waals surface area contributed by atoms with Crippen LogP contribution < -0.4 is 0 Å². The van der Waals surface area contributed by atoms with E-state index in [-0.39, 0.29) is 0 Å². The number of aromatic carboxylic acids is 1. The van der Waals surface area contributed by atoms with E-state index < -0.39 is 5.97 Å². The number of benzene rings is 1. The molecule has 1 N–H and O–H groups in total. The smallest absolute Gasteiger partial charge is 0.335 e. The third kappa shape index (κ3) is 2.67. The molecule has 2 heterocycles. The van der Waals surface area contributed by atoms with E-state index in [1.807, 2.05) is 23.7 Å². The standard InChI is InChI=1S/C15H18N4O2/c1-2-19-14(16-10-17-19)9-18-7-6-12-11(8-18)4-3-5-13(12)15(20)21/h3-5,10H,2,6-9H2,1H3,(H,20,21). The van der Waals surface area contributed by atoms with Crippen LogP contribution in [0.15, 0.2) is 24.5 Å². The van der Waals surface area contributed by atoms with E-state index in [2.05, 4.69) is 15.0 Å². The normalized spacial score (nSPS) is 14.9. The quantitative estimate of drug-likeness (QED) is 0.923. The van der Waals surface area contributed by atoms with E-state index in [0.717, 1.165) is 49.6 Å². The second kappa shape index (κ2) is 5.65. The molecule has 1 aromatic carbocycles. The van der Waals surface area contributed by atoms with Gasteiger partial charge in [0, 0.05) is 19.6 Å². The maximum Gasteiger partial charge on any atom is 0.335 e. The van der Waals surface area contributed by atoms with Gasteiger partial charge in [-0.25, -0.2) is 14.5 Å². The van der Waals surface area contributed by atoms with E-state index in [9.17, 15) is 9.90 Å². The van der Waals surface area contributed by atoms with Gasteiger partial charge in [0.2, 0.25) is 0 Å². The lowest BCUT2D eigenvalue weighted by Gasteiger charge is -2.29. The van der Waals surface area contributed by atoms with Crippen molar-refractivity contribution in [2.75, 3.05) is 6.54 Å². The van der Waals surface area contributed by atoms with Crippen LogP contribution in [-0.4, -0.2) is 37.3 Å². The van der Waals surface area contributed by atoms with Gasteiger partial charge in [-0.05, 0) is 30.5 Å². The molecule has 0 radical (unpaired) electrons. The summed E-state index contributed by atoms with van der Waals surface area (Å²) < 4.78 is 1.89. The third-order valence-electron chi connectivity index (χ3n) is 3.94. The molecule has 3 rings (SSSR count). The Labute approximate surface area is 123 Å². The highest BCUT2D eigenvalue weighted by Crippen LogP contribution is 2.23. The molecule has 0 amide bonds. The van der Waals surface area contributed by atoms with Gasteiger partial charge in [0.25, 0.3) is 0 Å². The van der Waals surface area contributed by atoms with Crippen molar-refractivity contribution in [2.45, 2.75) is 33.0 Å². The van der Waals surface area contributed by atoms with E-state index >= 15 is 0 Å². The summed E-state index contributed by atoms with van der Waals surface area (Å²) in [6.45, 7) is 5.19. The Morgan fingerprint density at radius 2 is 2.29 bits per heavy atom. The van der Waals surface area contributed by atoms with Gasteiger partial charge in [-0.1, -0.05) is 12.1 Å². The summed E-state index contributed by atoms with van der Waals surface area (Å²) in [4.78, 5) is 17.8.